The van der Waals surface area contributed by atoms with Crippen LogP contribution in [0, 0.1) is 5.92 Å². The van der Waals surface area contributed by atoms with Crippen molar-refractivity contribution in [3.8, 4) is 0 Å². The number of hydrogen-bond donors (Lipinski definition) is 1. The van der Waals surface area contributed by atoms with E-state index in [9.17, 15) is 0 Å². The molecule has 0 saturated carbocycles. The quantitative estimate of drug-likeness (QED) is 0.752. The predicted molar refractivity (Wildman–Crippen MR) is 59.1 cm³/mol. The Balaban J connectivity index is 2.28. The van der Waals surface area contributed by atoms with Gasteiger partial charge in [0.15, 0.2) is 0 Å². The van der Waals surface area contributed by atoms with E-state index in [1.807, 2.05) is 11.7 Å². The molecule has 14 heavy (non-hydrogen) atoms. The predicted octanol–water partition coefficient (Wildman–Crippen LogP) is 2.04. The fraction of sp³-hybridized carbons (Fsp3) is 0.727. The number of aryl methyl sites for hydroxylation is 1. The number of hydrogen-bond acceptors (Lipinski definition) is 2. The Morgan fingerprint density at radius 1 is 1.50 bits per heavy atom. The summed E-state index contributed by atoms with van der Waals surface area (Å²) in [5.74, 6) is 0.794. The third-order valence-corrected chi connectivity index (χ3v) is 2.22. The van der Waals surface area contributed by atoms with Gasteiger partial charge in [0.25, 0.3) is 0 Å². The van der Waals surface area contributed by atoms with Crippen molar-refractivity contribution < 1.29 is 0 Å². The first-order valence-corrected chi connectivity index (χ1v) is 5.39. The van der Waals surface area contributed by atoms with Gasteiger partial charge >= 0.3 is 0 Å². The lowest BCUT2D eigenvalue weighted by atomic mass is 10.1. The molecule has 0 unspecified atom stereocenters. The summed E-state index contributed by atoms with van der Waals surface area (Å²) < 4.78 is 2.04. The maximum absolute atomic E-state index is 4.45. The van der Waals surface area contributed by atoms with Crippen LogP contribution in [0.2, 0.25) is 0 Å². The summed E-state index contributed by atoms with van der Waals surface area (Å²) in [6.45, 7) is 6.42. The van der Waals surface area contributed by atoms with Crippen LogP contribution in [-0.4, -0.2) is 16.8 Å². The van der Waals surface area contributed by atoms with Gasteiger partial charge in [-0.1, -0.05) is 13.8 Å². The Morgan fingerprint density at radius 3 is 2.93 bits per heavy atom. The zero-order valence-electron chi connectivity index (χ0n) is 9.45. The smallest absolute Gasteiger partial charge is 0.0762 e. The van der Waals surface area contributed by atoms with Crippen LogP contribution < -0.4 is 5.32 Å². The Hall–Kier alpha value is -0.830. The molecule has 1 N–H and O–H groups in total. The Bertz CT molecular complexity index is 253. The molecule has 1 heterocycles. The molecule has 0 aliphatic heterocycles. The van der Waals surface area contributed by atoms with E-state index in [0.717, 1.165) is 24.7 Å². The third kappa shape index (κ3) is 3.92. The SMILES string of the molecule is CNCc1ccn(CCCC(C)C)n1. The van der Waals surface area contributed by atoms with E-state index in [0.29, 0.717) is 0 Å². The molecular formula is C11H21N3. The minimum Gasteiger partial charge on any atom is -0.314 e. The molecule has 80 valence electrons. The van der Waals surface area contributed by atoms with Crippen LogP contribution in [0.1, 0.15) is 32.4 Å². The van der Waals surface area contributed by atoms with Crippen molar-refractivity contribution in [1.29, 1.82) is 0 Å². The Labute approximate surface area is 86.5 Å². The first-order chi connectivity index (χ1) is 6.72. The molecular weight excluding hydrogens is 174 g/mol. The maximum Gasteiger partial charge on any atom is 0.0762 e. The van der Waals surface area contributed by atoms with Crippen molar-refractivity contribution in [3.05, 3.63) is 18.0 Å². The van der Waals surface area contributed by atoms with Gasteiger partial charge in [-0.15, -0.1) is 0 Å². The second-order valence-electron chi connectivity index (χ2n) is 4.14. The van der Waals surface area contributed by atoms with Crippen molar-refractivity contribution in [3.63, 3.8) is 0 Å². The highest BCUT2D eigenvalue weighted by Gasteiger charge is 1.98. The molecule has 1 aromatic rings. The van der Waals surface area contributed by atoms with Crippen LogP contribution in [0.5, 0.6) is 0 Å². The van der Waals surface area contributed by atoms with Gasteiger partial charge in [-0.3, -0.25) is 4.68 Å². The molecule has 0 fully saturated rings. The summed E-state index contributed by atoms with van der Waals surface area (Å²) in [5, 5.41) is 7.55. The highest BCUT2D eigenvalue weighted by atomic mass is 15.3. The lowest BCUT2D eigenvalue weighted by molar-refractivity contribution is 0.487. The largest absolute Gasteiger partial charge is 0.314 e. The van der Waals surface area contributed by atoms with E-state index in [2.05, 4.69) is 36.5 Å². The summed E-state index contributed by atoms with van der Waals surface area (Å²) in [4.78, 5) is 0. The van der Waals surface area contributed by atoms with Crippen LogP contribution in [-0.2, 0) is 13.1 Å². The van der Waals surface area contributed by atoms with E-state index in [1.165, 1.54) is 12.8 Å². The van der Waals surface area contributed by atoms with Crippen LogP contribution in [0.3, 0.4) is 0 Å². The fourth-order valence-corrected chi connectivity index (χ4v) is 1.47. The average molecular weight is 195 g/mol. The minimum atomic E-state index is 0.794. The summed E-state index contributed by atoms with van der Waals surface area (Å²) in [5.41, 5.74) is 1.12. The van der Waals surface area contributed by atoms with Gasteiger partial charge in [0.2, 0.25) is 0 Å². The zero-order valence-corrected chi connectivity index (χ0v) is 9.45. The zero-order chi connectivity index (χ0) is 10.4. The summed E-state index contributed by atoms with van der Waals surface area (Å²) >= 11 is 0. The van der Waals surface area contributed by atoms with Gasteiger partial charge < -0.3 is 5.32 Å². The summed E-state index contributed by atoms with van der Waals surface area (Å²) in [6, 6.07) is 2.08. The summed E-state index contributed by atoms with van der Waals surface area (Å²) in [7, 11) is 1.94. The lowest BCUT2D eigenvalue weighted by Crippen LogP contribution is -2.07. The van der Waals surface area contributed by atoms with E-state index in [-0.39, 0.29) is 0 Å². The van der Waals surface area contributed by atoms with Crippen molar-refractivity contribution in [2.45, 2.75) is 39.8 Å². The molecule has 0 aliphatic rings. The first-order valence-electron chi connectivity index (χ1n) is 5.39. The standard InChI is InChI=1S/C11H21N3/c1-10(2)5-4-7-14-8-6-11(13-14)9-12-3/h6,8,10,12H,4-5,7,9H2,1-3H3. The van der Waals surface area contributed by atoms with E-state index < -0.39 is 0 Å². The molecule has 0 radical (unpaired) electrons. The maximum atomic E-state index is 4.45. The Morgan fingerprint density at radius 2 is 2.29 bits per heavy atom. The average Bonchev–Trinajstić information content (AvgIpc) is 2.53. The monoisotopic (exact) mass is 195 g/mol. The van der Waals surface area contributed by atoms with Crippen molar-refractivity contribution >= 4 is 0 Å². The summed E-state index contributed by atoms with van der Waals surface area (Å²) in [6.07, 6.45) is 4.56. The van der Waals surface area contributed by atoms with Gasteiger partial charge in [0.05, 0.1) is 5.69 Å². The van der Waals surface area contributed by atoms with Crippen LogP contribution in [0.25, 0.3) is 0 Å². The first kappa shape index (κ1) is 11.2. The topological polar surface area (TPSA) is 29.9 Å². The van der Waals surface area contributed by atoms with E-state index in [4.69, 9.17) is 0 Å². The highest BCUT2D eigenvalue weighted by Crippen LogP contribution is 2.05. The highest BCUT2D eigenvalue weighted by molar-refractivity contribution is 4.97. The van der Waals surface area contributed by atoms with Crippen molar-refractivity contribution in [2.75, 3.05) is 7.05 Å². The molecule has 0 aliphatic carbocycles. The second-order valence-corrected chi connectivity index (χ2v) is 4.14. The fourth-order valence-electron chi connectivity index (χ4n) is 1.47. The number of nitrogens with one attached hydrogen (secondary N) is 1. The second kappa shape index (κ2) is 5.81. The molecule has 0 spiro atoms. The van der Waals surface area contributed by atoms with Gasteiger partial charge in [0, 0.05) is 19.3 Å². The van der Waals surface area contributed by atoms with Crippen molar-refractivity contribution in [2.24, 2.45) is 5.92 Å². The van der Waals surface area contributed by atoms with Crippen LogP contribution in [0.4, 0.5) is 0 Å². The van der Waals surface area contributed by atoms with Crippen LogP contribution >= 0.6 is 0 Å². The van der Waals surface area contributed by atoms with Gasteiger partial charge in [-0.05, 0) is 31.9 Å². The normalized spacial score (nSPS) is 11.1. The Kier molecular flexibility index (Phi) is 4.66. The van der Waals surface area contributed by atoms with E-state index in [1.54, 1.807) is 0 Å². The molecule has 0 saturated heterocycles. The van der Waals surface area contributed by atoms with Gasteiger partial charge in [0.1, 0.15) is 0 Å². The van der Waals surface area contributed by atoms with E-state index >= 15 is 0 Å². The molecule has 3 nitrogen and oxygen atoms in total. The number of rotatable bonds is 6. The van der Waals surface area contributed by atoms with Gasteiger partial charge in [-0.25, -0.2) is 0 Å². The lowest BCUT2D eigenvalue weighted by Gasteiger charge is -2.04. The molecule has 0 aromatic carbocycles. The minimum absolute atomic E-state index is 0.794. The third-order valence-electron chi connectivity index (χ3n) is 2.22. The van der Waals surface area contributed by atoms with Crippen LogP contribution in [0.15, 0.2) is 12.3 Å². The van der Waals surface area contributed by atoms with Crippen molar-refractivity contribution in [1.82, 2.24) is 15.1 Å². The molecule has 0 amide bonds. The molecule has 0 bridgehead atoms. The number of aromatic nitrogens is 2. The molecule has 1 rings (SSSR count). The molecule has 3 heteroatoms. The van der Waals surface area contributed by atoms with Gasteiger partial charge in [-0.2, -0.15) is 5.10 Å². The molecule has 0 atom stereocenters. The molecule has 1 aromatic heterocycles. The number of nitrogens with zero attached hydrogens (tertiary/aromatic N) is 2.